The SMILES string of the molecule is O=C(CC1CC2CCC(C1)N2)OCC1CCCO1. The molecule has 102 valence electrons. The van der Waals surface area contributed by atoms with Gasteiger partial charge in [-0.3, -0.25) is 4.79 Å². The Morgan fingerprint density at radius 1 is 1.22 bits per heavy atom. The highest BCUT2D eigenvalue weighted by Crippen LogP contribution is 2.32. The van der Waals surface area contributed by atoms with Gasteiger partial charge in [-0.25, -0.2) is 0 Å². The molecule has 0 aromatic rings. The van der Waals surface area contributed by atoms with Crippen LogP contribution in [0, 0.1) is 5.92 Å². The number of rotatable bonds is 4. The summed E-state index contributed by atoms with van der Waals surface area (Å²) in [6.07, 6.45) is 7.74. The number of ether oxygens (including phenoxy) is 2. The van der Waals surface area contributed by atoms with Crippen LogP contribution in [0.3, 0.4) is 0 Å². The second-order valence-corrected chi connectivity index (χ2v) is 6.00. The van der Waals surface area contributed by atoms with Crippen LogP contribution >= 0.6 is 0 Å². The first-order valence-corrected chi connectivity index (χ1v) is 7.33. The topological polar surface area (TPSA) is 47.6 Å². The van der Waals surface area contributed by atoms with E-state index in [-0.39, 0.29) is 12.1 Å². The highest BCUT2D eigenvalue weighted by molar-refractivity contribution is 5.69. The standard InChI is InChI=1S/C14H23NO3/c16-14(18-9-13-2-1-5-17-13)8-10-6-11-3-4-12(7-10)15-11/h10-13,15H,1-9H2. The van der Waals surface area contributed by atoms with Gasteiger partial charge in [0.15, 0.2) is 0 Å². The molecule has 3 fully saturated rings. The number of nitrogens with one attached hydrogen (secondary N) is 1. The van der Waals surface area contributed by atoms with E-state index < -0.39 is 0 Å². The number of hydrogen-bond donors (Lipinski definition) is 1. The molecule has 0 saturated carbocycles. The summed E-state index contributed by atoms with van der Waals surface area (Å²) in [7, 11) is 0. The second kappa shape index (κ2) is 5.57. The number of hydrogen-bond acceptors (Lipinski definition) is 4. The Hall–Kier alpha value is -0.610. The van der Waals surface area contributed by atoms with Gasteiger partial charge in [-0.05, 0) is 44.4 Å². The Kier molecular flexibility index (Phi) is 3.85. The molecular weight excluding hydrogens is 230 g/mol. The molecule has 0 amide bonds. The third kappa shape index (κ3) is 3.04. The Balaban J connectivity index is 1.38. The molecule has 4 nitrogen and oxygen atoms in total. The van der Waals surface area contributed by atoms with E-state index >= 15 is 0 Å². The summed E-state index contributed by atoms with van der Waals surface area (Å²) >= 11 is 0. The molecule has 0 radical (unpaired) electrons. The van der Waals surface area contributed by atoms with Crippen molar-refractivity contribution in [3.8, 4) is 0 Å². The summed E-state index contributed by atoms with van der Waals surface area (Å²) in [5.74, 6) is 0.498. The van der Waals surface area contributed by atoms with Crippen molar-refractivity contribution in [1.29, 1.82) is 0 Å². The molecule has 3 heterocycles. The van der Waals surface area contributed by atoms with Crippen molar-refractivity contribution in [2.24, 2.45) is 5.92 Å². The van der Waals surface area contributed by atoms with Crippen LogP contribution in [0.15, 0.2) is 0 Å². The van der Waals surface area contributed by atoms with Crippen LogP contribution in [0.5, 0.6) is 0 Å². The maximum Gasteiger partial charge on any atom is 0.306 e. The fourth-order valence-corrected chi connectivity index (χ4v) is 3.60. The Bertz CT molecular complexity index is 289. The zero-order valence-electron chi connectivity index (χ0n) is 10.9. The monoisotopic (exact) mass is 253 g/mol. The zero-order valence-corrected chi connectivity index (χ0v) is 10.9. The van der Waals surface area contributed by atoms with E-state index in [1.54, 1.807) is 0 Å². The lowest BCUT2D eigenvalue weighted by atomic mass is 9.90. The first kappa shape index (κ1) is 12.4. The summed E-state index contributed by atoms with van der Waals surface area (Å²) < 4.78 is 10.8. The minimum absolute atomic E-state index is 0.0307. The van der Waals surface area contributed by atoms with Crippen LogP contribution in [-0.2, 0) is 14.3 Å². The fourth-order valence-electron chi connectivity index (χ4n) is 3.60. The molecule has 2 bridgehead atoms. The van der Waals surface area contributed by atoms with Crippen molar-refractivity contribution in [3.63, 3.8) is 0 Å². The fraction of sp³-hybridized carbons (Fsp3) is 0.929. The van der Waals surface area contributed by atoms with Crippen molar-refractivity contribution in [2.75, 3.05) is 13.2 Å². The second-order valence-electron chi connectivity index (χ2n) is 6.00. The highest BCUT2D eigenvalue weighted by atomic mass is 16.6. The van der Waals surface area contributed by atoms with E-state index in [0.29, 0.717) is 31.0 Å². The normalized spacial score (nSPS) is 38.9. The van der Waals surface area contributed by atoms with Gasteiger partial charge in [0.05, 0.1) is 6.10 Å². The van der Waals surface area contributed by atoms with E-state index in [4.69, 9.17) is 9.47 Å². The average molecular weight is 253 g/mol. The molecule has 1 N–H and O–H groups in total. The van der Waals surface area contributed by atoms with Gasteiger partial charge < -0.3 is 14.8 Å². The predicted octanol–water partition coefficient (Wildman–Crippen LogP) is 1.63. The number of piperidine rings is 1. The van der Waals surface area contributed by atoms with Crippen molar-refractivity contribution < 1.29 is 14.3 Å². The van der Waals surface area contributed by atoms with Gasteiger partial charge in [0.25, 0.3) is 0 Å². The predicted molar refractivity (Wildman–Crippen MR) is 67.2 cm³/mol. The number of fused-ring (bicyclic) bond motifs is 2. The Morgan fingerprint density at radius 2 is 2.00 bits per heavy atom. The lowest BCUT2D eigenvalue weighted by molar-refractivity contribution is -0.148. The minimum Gasteiger partial charge on any atom is -0.463 e. The smallest absolute Gasteiger partial charge is 0.306 e. The lowest BCUT2D eigenvalue weighted by Gasteiger charge is -2.28. The maximum absolute atomic E-state index is 11.8. The van der Waals surface area contributed by atoms with Gasteiger partial charge in [0, 0.05) is 25.1 Å². The van der Waals surface area contributed by atoms with Crippen molar-refractivity contribution in [3.05, 3.63) is 0 Å². The summed E-state index contributed by atoms with van der Waals surface area (Å²) in [6.45, 7) is 1.27. The van der Waals surface area contributed by atoms with Gasteiger partial charge in [-0.15, -0.1) is 0 Å². The molecule has 0 spiro atoms. The molecule has 0 aliphatic carbocycles. The molecule has 3 atom stereocenters. The lowest BCUT2D eigenvalue weighted by Crippen LogP contribution is -2.38. The van der Waals surface area contributed by atoms with Crippen molar-refractivity contribution >= 4 is 5.97 Å². The van der Waals surface area contributed by atoms with Gasteiger partial charge in [-0.2, -0.15) is 0 Å². The molecular formula is C14H23NO3. The molecule has 18 heavy (non-hydrogen) atoms. The van der Waals surface area contributed by atoms with Crippen LogP contribution in [0.25, 0.3) is 0 Å². The average Bonchev–Trinajstić information content (AvgIpc) is 2.97. The van der Waals surface area contributed by atoms with Gasteiger partial charge >= 0.3 is 5.97 Å². The summed E-state index contributed by atoms with van der Waals surface area (Å²) in [5, 5.41) is 3.60. The Labute approximate surface area is 108 Å². The number of carbonyl (C=O) groups excluding carboxylic acids is 1. The van der Waals surface area contributed by atoms with E-state index in [1.165, 1.54) is 12.8 Å². The molecule has 0 aromatic heterocycles. The summed E-state index contributed by atoms with van der Waals surface area (Å²) in [4.78, 5) is 11.8. The maximum atomic E-state index is 11.8. The molecule has 3 unspecified atom stereocenters. The van der Waals surface area contributed by atoms with E-state index in [0.717, 1.165) is 32.3 Å². The van der Waals surface area contributed by atoms with E-state index in [9.17, 15) is 4.79 Å². The zero-order chi connectivity index (χ0) is 12.4. The van der Waals surface area contributed by atoms with Crippen LogP contribution in [-0.4, -0.2) is 37.4 Å². The van der Waals surface area contributed by atoms with Gasteiger partial charge in [-0.1, -0.05) is 0 Å². The van der Waals surface area contributed by atoms with Crippen LogP contribution in [0.2, 0.25) is 0 Å². The van der Waals surface area contributed by atoms with Crippen molar-refractivity contribution in [2.45, 2.75) is 63.1 Å². The van der Waals surface area contributed by atoms with Gasteiger partial charge in [0.2, 0.25) is 0 Å². The molecule has 3 saturated heterocycles. The molecule has 0 aromatic carbocycles. The first-order valence-electron chi connectivity index (χ1n) is 7.33. The molecule has 3 rings (SSSR count). The quantitative estimate of drug-likeness (QED) is 0.774. The van der Waals surface area contributed by atoms with E-state index in [2.05, 4.69) is 5.32 Å². The Morgan fingerprint density at radius 3 is 2.67 bits per heavy atom. The van der Waals surface area contributed by atoms with Gasteiger partial charge in [0.1, 0.15) is 6.61 Å². The van der Waals surface area contributed by atoms with E-state index in [1.807, 2.05) is 0 Å². The van der Waals surface area contributed by atoms with Crippen LogP contribution in [0.4, 0.5) is 0 Å². The van der Waals surface area contributed by atoms with Crippen LogP contribution < -0.4 is 5.32 Å². The molecule has 3 aliphatic heterocycles. The highest BCUT2D eigenvalue weighted by Gasteiger charge is 2.34. The summed E-state index contributed by atoms with van der Waals surface area (Å²) in [5.41, 5.74) is 0. The molecule has 4 heteroatoms. The molecule has 3 aliphatic rings. The van der Waals surface area contributed by atoms with Crippen molar-refractivity contribution in [1.82, 2.24) is 5.32 Å². The first-order chi connectivity index (χ1) is 8.79. The number of carbonyl (C=O) groups is 1. The minimum atomic E-state index is -0.0307. The summed E-state index contributed by atoms with van der Waals surface area (Å²) in [6, 6.07) is 1.31. The number of esters is 1. The largest absolute Gasteiger partial charge is 0.463 e. The third-order valence-corrected chi connectivity index (χ3v) is 4.48. The van der Waals surface area contributed by atoms with Crippen LogP contribution in [0.1, 0.15) is 44.9 Å². The third-order valence-electron chi connectivity index (χ3n) is 4.48.